The molecule has 8 heteroatoms. The van der Waals surface area contributed by atoms with Crippen LogP contribution in [0.15, 0.2) is 30.5 Å². The molecule has 6 rings (SSSR count). The maximum absolute atomic E-state index is 12.6. The van der Waals surface area contributed by atoms with Gasteiger partial charge in [0, 0.05) is 29.8 Å². The molecular formula is C28H35N5O3. The number of hydrogen-bond donors (Lipinski definition) is 3. The Morgan fingerprint density at radius 2 is 1.97 bits per heavy atom. The number of aryl methyl sites for hydroxylation is 1. The van der Waals surface area contributed by atoms with E-state index in [0.29, 0.717) is 23.4 Å². The lowest BCUT2D eigenvalue weighted by atomic mass is 9.72. The first-order valence-corrected chi connectivity index (χ1v) is 13.3. The number of fused-ring (bicyclic) bond motifs is 1. The van der Waals surface area contributed by atoms with Crippen LogP contribution in [0.1, 0.15) is 74.2 Å². The lowest BCUT2D eigenvalue weighted by Gasteiger charge is -2.41. The van der Waals surface area contributed by atoms with E-state index in [1.807, 2.05) is 48.8 Å². The van der Waals surface area contributed by atoms with Crippen molar-refractivity contribution in [2.24, 2.45) is 5.92 Å². The molecule has 3 N–H and O–H groups in total. The van der Waals surface area contributed by atoms with Crippen molar-refractivity contribution >= 4 is 17.4 Å². The second kappa shape index (κ2) is 9.07. The molecule has 3 aliphatic rings. The van der Waals surface area contributed by atoms with Gasteiger partial charge in [-0.1, -0.05) is 12.1 Å². The summed E-state index contributed by atoms with van der Waals surface area (Å²) in [5.74, 6) is 1.86. The molecule has 0 radical (unpaired) electrons. The third kappa shape index (κ3) is 4.78. The Bertz CT molecular complexity index is 1280. The van der Waals surface area contributed by atoms with Crippen molar-refractivity contribution in [3.63, 3.8) is 0 Å². The molecule has 36 heavy (non-hydrogen) atoms. The summed E-state index contributed by atoms with van der Waals surface area (Å²) in [4.78, 5) is 17.5. The number of amides is 1. The summed E-state index contributed by atoms with van der Waals surface area (Å²) in [6.45, 7) is 4.63. The Hall–Kier alpha value is -3.13. The maximum Gasteiger partial charge on any atom is 0.251 e. The number of ether oxygens (including phenoxy) is 1. The van der Waals surface area contributed by atoms with Gasteiger partial charge in [0.05, 0.1) is 11.8 Å². The molecule has 190 valence electrons. The van der Waals surface area contributed by atoms with E-state index in [-0.39, 0.29) is 12.0 Å². The van der Waals surface area contributed by atoms with Crippen molar-refractivity contribution in [2.45, 2.75) is 83.0 Å². The number of hydrogen-bond acceptors (Lipinski definition) is 6. The van der Waals surface area contributed by atoms with Gasteiger partial charge in [-0.05, 0) is 88.3 Å². The number of nitrogens with zero attached hydrogens (tertiary/aromatic N) is 3. The molecule has 3 aliphatic carbocycles. The molecule has 2 heterocycles. The highest BCUT2D eigenvalue weighted by molar-refractivity contribution is 5.97. The minimum absolute atomic E-state index is 0.00625. The number of nitrogens with one attached hydrogen (secondary N) is 2. The second-order valence-electron chi connectivity index (χ2n) is 11.2. The summed E-state index contributed by atoms with van der Waals surface area (Å²) in [6.07, 6.45) is 10.3. The van der Waals surface area contributed by atoms with Gasteiger partial charge in [0.2, 0.25) is 5.88 Å². The Morgan fingerprint density at radius 1 is 1.19 bits per heavy atom. The van der Waals surface area contributed by atoms with Gasteiger partial charge in [0.1, 0.15) is 11.9 Å². The number of benzene rings is 1. The summed E-state index contributed by atoms with van der Waals surface area (Å²) in [7, 11) is 0. The average molecular weight is 490 g/mol. The van der Waals surface area contributed by atoms with Crippen LogP contribution < -0.4 is 15.4 Å². The highest BCUT2D eigenvalue weighted by atomic mass is 16.5. The smallest absolute Gasteiger partial charge is 0.251 e. The largest absolute Gasteiger partial charge is 0.474 e. The predicted molar refractivity (Wildman–Crippen MR) is 138 cm³/mol. The van der Waals surface area contributed by atoms with Crippen molar-refractivity contribution in [3.05, 3.63) is 41.6 Å². The molecule has 3 saturated carbocycles. The van der Waals surface area contributed by atoms with E-state index in [1.54, 1.807) is 0 Å². The number of rotatable bonds is 8. The lowest BCUT2D eigenvalue weighted by molar-refractivity contribution is -0.0524. The summed E-state index contributed by atoms with van der Waals surface area (Å²) in [5, 5.41) is 21.4. The van der Waals surface area contributed by atoms with Gasteiger partial charge in [-0.15, -0.1) is 0 Å². The van der Waals surface area contributed by atoms with E-state index in [4.69, 9.17) is 9.72 Å². The van der Waals surface area contributed by atoms with Crippen molar-refractivity contribution in [3.8, 4) is 17.0 Å². The van der Waals surface area contributed by atoms with Crippen LogP contribution >= 0.6 is 0 Å². The number of aromatic nitrogens is 3. The van der Waals surface area contributed by atoms with Crippen LogP contribution in [0.3, 0.4) is 0 Å². The Morgan fingerprint density at radius 3 is 2.67 bits per heavy atom. The fraction of sp³-hybridized carbons (Fsp3) is 0.536. The molecule has 0 spiro atoms. The average Bonchev–Trinajstić information content (AvgIpc) is 3.30. The topological polar surface area (TPSA) is 101 Å². The molecule has 3 fully saturated rings. The quantitative estimate of drug-likeness (QED) is 0.431. The maximum atomic E-state index is 12.6. The van der Waals surface area contributed by atoms with Crippen LogP contribution in [-0.2, 0) is 0 Å². The number of anilines is 1. The minimum Gasteiger partial charge on any atom is -0.474 e. The van der Waals surface area contributed by atoms with Crippen LogP contribution in [0.4, 0.5) is 5.82 Å². The molecule has 1 amide bonds. The van der Waals surface area contributed by atoms with E-state index in [1.165, 1.54) is 12.8 Å². The standard InChI is InChI=1S/C28H35N5O3/c1-17-11-19(7-10-22(17)27(34)31-20-8-9-20)23-16-30-33-24(29-15-18-13-28(2,35)14-18)12-25(32-26(23)33)36-21-5-3-4-6-21/h7,10-12,16,18,20-21,29,35H,3-6,8-9,13-15H2,1-2H3,(H,31,34)/t18-,28+. The van der Waals surface area contributed by atoms with E-state index >= 15 is 0 Å². The summed E-state index contributed by atoms with van der Waals surface area (Å²) in [5.41, 5.74) is 3.69. The highest BCUT2D eigenvalue weighted by Crippen LogP contribution is 2.37. The lowest BCUT2D eigenvalue weighted by Crippen LogP contribution is -2.43. The fourth-order valence-corrected chi connectivity index (χ4v) is 5.66. The summed E-state index contributed by atoms with van der Waals surface area (Å²) in [6, 6.07) is 8.17. The third-order valence-corrected chi connectivity index (χ3v) is 7.76. The van der Waals surface area contributed by atoms with Crippen LogP contribution in [-0.4, -0.2) is 49.9 Å². The summed E-state index contributed by atoms with van der Waals surface area (Å²) >= 11 is 0. The first kappa shape index (κ1) is 23.3. The number of carbonyl (C=O) groups is 1. The Labute approximate surface area is 211 Å². The van der Waals surface area contributed by atoms with E-state index in [0.717, 1.165) is 73.2 Å². The van der Waals surface area contributed by atoms with Gasteiger partial charge in [0.15, 0.2) is 5.65 Å². The molecule has 0 atom stereocenters. The van der Waals surface area contributed by atoms with Gasteiger partial charge in [0.25, 0.3) is 5.91 Å². The normalized spacial score (nSPS) is 24.0. The van der Waals surface area contributed by atoms with Crippen LogP contribution in [0.2, 0.25) is 0 Å². The molecule has 0 unspecified atom stereocenters. The second-order valence-corrected chi connectivity index (χ2v) is 11.2. The highest BCUT2D eigenvalue weighted by Gasteiger charge is 2.38. The van der Waals surface area contributed by atoms with Gasteiger partial charge < -0.3 is 20.5 Å². The molecule has 0 aliphatic heterocycles. The van der Waals surface area contributed by atoms with Crippen LogP contribution in [0.5, 0.6) is 5.88 Å². The number of carbonyl (C=O) groups excluding carboxylic acids is 1. The summed E-state index contributed by atoms with van der Waals surface area (Å²) < 4.78 is 8.13. The van der Waals surface area contributed by atoms with Crippen molar-refractivity contribution in [2.75, 3.05) is 11.9 Å². The van der Waals surface area contributed by atoms with Gasteiger partial charge in [-0.3, -0.25) is 4.79 Å². The van der Waals surface area contributed by atoms with Gasteiger partial charge in [-0.25, -0.2) is 0 Å². The first-order chi connectivity index (χ1) is 17.3. The molecule has 8 nitrogen and oxygen atoms in total. The monoisotopic (exact) mass is 489 g/mol. The Balaban J connectivity index is 1.31. The molecule has 1 aromatic carbocycles. The first-order valence-electron chi connectivity index (χ1n) is 13.3. The zero-order valence-corrected chi connectivity index (χ0v) is 21.1. The van der Waals surface area contributed by atoms with Crippen molar-refractivity contribution in [1.82, 2.24) is 19.9 Å². The van der Waals surface area contributed by atoms with Crippen LogP contribution in [0, 0.1) is 12.8 Å². The zero-order valence-electron chi connectivity index (χ0n) is 21.1. The van der Waals surface area contributed by atoms with E-state index < -0.39 is 5.60 Å². The third-order valence-electron chi connectivity index (χ3n) is 7.76. The molecule has 2 aromatic heterocycles. The fourth-order valence-electron chi connectivity index (χ4n) is 5.66. The zero-order chi connectivity index (χ0) is 24.9. The SMILES string of the molecule is Cc1cc(-c2cnn3c(NC[C@H]4C[C@@](C)(O)C4)cc(OC4CCCC4)nc23)ccc1C(=O)NC1CC1. The van der Waals surface area contributed by atoms with E-state index in [2.05, 4.69) is 15.7 Å². The van der Waals surface area contributed by atoms with Gasteiger partial charge in [-0.2, -0.15) is 14.6 Å². The molecular weight excluding hydrogens is 454 g/mol. The molecule has 0 bridgehead atoms. The molecule has 0 saturated heterocycles. The van der Waals surface area contributed by atoms with Crippen molar-refractivity contribution in [1.29, 1.82) is 0 Å². The van der Waals surface area contributed by atoms with Crippen LogP contribution in [0.25, 0.3) is 16.8 Å². The minimum atomic E-state index is -0.547. The van der Waals surface area contributed by atoms with Crippen molar-refractivity contribution < 1.29 is 14.6 Å². The van der Waals surface area contributed by atoms with Gasteiger partial charge >= 0.3 is 0 Å². The molecule has 3 aromatic rings. The Kier molecular flexibility index (Phi) is 5.86. The number of aliphatic hydroxyl groups is 1. The van der Waals surface area contributed by atoms with E-state index in [9.17, 15) is 9.90 Å². The predicted octanol–water partition coefficient (Wildman–Crippen LogP) is 4.49.